The molecule has 0 radical (unpaired) electrons. The van der Waals surface area contributed by atoms with E-state index in [1.165, 1.54) is 13.0 Å². The summed E-state index contributed by atoms with van der Waals surface area (Å²) in [4.78, 5) is 40.5. The Morgan fingerprint density at radius 1 is 0.976 bits per heavy atom. The van der Waals surface area contributed by atoms with Crippen LogP contribution in [0, 0.1) is 11.2 Å². The highest BCUT2D eigenvalue weighted by Gasteiger charge is 2.73. The van der Waals surface area contributed by atoms with Gasteiger partial charge in [0.2, 0.25) is 11.8 Å². The summed E-state index contributed by atoms with van der Waals surface area (Å²) in [5, 5.41) is 10.0. The normalized spacial score (nSPS) is 25.3. The monoisotopic (exact) mass is 607 g/mol. The number of anilines is 2. The van der Waals surface area contributed by atoms with E-state index in [-0.39, 0.29) is 27.7 Å². The summed E-state index contributed by atoms with van der Waals surface area (Å²) >= 11 is 12.7. The molecule has 6 nitrogen and oxygen atoms in total. The molecule has 3 aliphatic rings. The van der Waals surface area contributed by atoms with Crippen LogP contribution in [-0.2, 0) is 15.0 Å². The zero-order valence-corrected chi connectivity index (χ0v) is 25.1. The molecule has 2 amide bonds. The number of halogens is 3. The van der Waals surface area contributed by atoms with Crippen LogP contribution in [0.1, 0.15) is 73.9 Å². The molecule has 3 N–H and O–H groups in total. The smallest absolute Gasteiger partial charge is 0.242 e. The molecule has 0 unspecified atom stereocenters. The molecule has 218 valence electrons. The van der Waals surface area contributed by atoms with Crippen molar-refractivity contribution in [2.75, 3.05) is 10.6 Å². The number of carbonyl (C=O) groups excluding carboxylic acids is 3. The summed E-state index contributed by atoms with van der Waals surface area (Å²) in [6, 6.07) is 15.6. The first-order chi connectivity index (χ1) is 19.9. The van der Waals surface area contributed by atoms with Crippen LogP contribution in [0.5, 0.6) is 0 Å². The summed E-state index contributed by atoms with van der Waals surface area (Å²) in [5.74, 6) is -2.38. The number of hydrogen-bond donors (Lipinski definition) is 3. The molecular formula is C33H32Cl2FN3O3. The highest BCUT2D eigenvalue weighted by molar-refractivity contribution is 6.31. The van der Waals surface area contributed by atoms with Gasteiger partial charge in [-0.3, -0.25) is 19.7 Å². The molecule has 3 atom stereocenters. The molecule has 9 heteroatoms. The number of rotatable bonds is 4. The molecule has 1 aliphatic carbocycles. The van der Waals surface area contributed by atoms with Crippen molar-refractivity contribution >= 4 is 52.2 Å². The third-order valence-electron chi connectivity index (χ3n) is 9.61. The average molecular weight is 609 g/mol. The standard InChI is InChI=1S/C33H32Cl2FN3O3/c1-18(40)19-7-10-21(11-8-19)37-29(41)28-26(22-5-4-6-24(35)27(22)36)33(32(39-28)15-13-31(2,3)14-16-32)23-12-9-20(34)17-25(23)38-30(33)42/h4-12,17,26,28,39H,13-16H2,1-3H3,(H,37,41)(H,38,42)/t26-,28+,33+/m0/s1. The van der Waals surface area contributed by atoms with Gasteiger partial charge in [-0.05, 0) is 91.6 Å². The van der Waals surface area contributed by atoms with E-state index in [0.29, 0.717) is 40.4 Å². The van der Waals surface area contributed by atoms with Crippen molar-refractivity contribution in [2.24, 2.45) is 5.41 Å². The van der Waals surface area contributed by atoms with Gasteiger partial charge in [-0.15, -0.1) is 0 Å². The third kappa shape index (κ3) is 4.36. The van der Waals surface area contributed by atoms with Crippen molar-refractivity contribution in [2.45, 2.75) is 69.4 Å². The van der Waals surface area contributed by atoms with Gasteiger partial charge in [0.05, 0.1) is 11.1 Å². The Labute approximate surface area is 254 Å². The SMILES string of the molecule is CC(=O)c1ccc(NC(=O)[C@@H]2NC3(CCC(C)(C)CC3)[C@@]3(C(=O)Nc4cc(Cl)ccc43)[C@H]2c2cccc(Cl)c2F)cc1. The van der Waals surface area contributed by atoms with E-state index < -0.39 is 34.6 Å². The second-order valence-corrected chi connectivity index (χ2v) is 13.4. The predicted octanol–water partition coefficient (Wildman–Crippen LogP) is 7.26. The van der Waals surface area contributed by atoms with Crippen LogP contribution in [0.15, 0.2) is 60.7 Å². The number of amides is 2. The van der Waals surface area contributed by atoms with Crippen molar-refractivity contribution in [3.8, 4) is 0 Å². The molecule has 3 aromatic carbocycles. The number of fused-ring (bicyclic) bond motifs is 3. The molecule has 3 aromatic rings. The molecule has 1 saturated carbocycles. The summed E-state index contributed by atoms with van der Waals surface area (Å²) in [5.41, 5.74) is 0.317. The van der Waals surface area contributed by atoms with Crippen LogP contribution >= 0.6 is 23.2 Å². The van der Waals surface area contributed by atoms with Crippen molar-refractivity contribution in [1.82, 2.24) is 5.32 Å². The van der Waals surface area contributed by atoms with Crippen molar-refractivity contribution < 1.29 is 18.8 Å². The molecule has 0 aromatic heterocycles. The topological polar surface area (TPSA) is 87.3 Å². The van der Waals surface area contributed by atoms with Crippen LogP contribution in [0.2, 0.25) is 10.0 Å². The lowest BCUT2D eigenvalue weighted by molar-refractivity contribution is -0.124. The van der Waals surface area contributed by atoms with Crippen LogP contribution < -0.4 is 16.0 Å². The van der Waals surface area contributed by atoms with Crippen molar-refractivity contribution in [3.05, 3.63) is 93.2 Å². The van der Waals surface area contributed by atoms with E-state index >= 15 is 4.39 Å². The highest BCUT2D eigenvalue weighted by atomic mass is 35.5. The molecule has 2 spiro atoms. The lowest BCUT2D eigenvalue weighted by Crippen LogP contribution is -2.61. The minimum absolute atomic E-state index is 0.0433. The zero-order chi connectivity index (χ0) is 30.0. The quantitative estimate of drug-likeness (QED) is 0.272. The Bertz CT molecular complexity index is 1610. The Hall–Kier alpha value is -3.26. The van der Waals surface area contributed by atoms with Crippen molar-refractivity contribution in [1.29, 1.82) is 0 Å². The minimum Gasteiger partial charge on any atom is -0.325 e. The van der Waals surface area contributed by atoms with Gasteiger partial charge < -0.3 is 10.6 Å². The number of Topliss-reactive ketones (excluding diaryl/α,β-unsaturated/α-hetero) is 1. The summed E-state index contributed by atoms with van der Waals surface area (Å²) in [6.45, 7) is 5.88. The zero-order valence-electron chi connectivity index (χ0n) is 23.6. The first-order valence-electron chi connectivity index (χ1n) is 14.1. The van der Waals surface area contributed by atoms with Gasteiger partial charge in [0, 0.05) is 33.4 Å². The summed E-state index contributed by atoms with van der Waals surface area (Å²) in [6.07, 6.45) is 2.82. The Balaban J connectivity index is 1.55. The lowest BCUT2D eigenvalue weighted by Gasteiger charge is -2.50. The van der Waals surface area contributed by atoms with Crippen molar-refractivity contribution in [3.63, 3.8) is 0 Å². The van der Waals surface area contributed by atoms with Gasteiger partial charge in [-0.2, -0.15) is 0 Å². The van der Waals surface area contributed by atoms with Gasteiger partial charge in [0.1, 0.15) is 11.2 Å². The maximum absolute atomic E-state index is 16.0. The predicted molar refractivity (Wildman–Crippen MR) is 163 cm³/mol. The number of carbonyl (C=O) groups is 3. The molecule has 42 heavy (non-hydrogen) atoms. The first kappa shape index (κ1) is 28.8. The molecule has 2 fully saturated rings. The van der Waals surface area contributed by atoms with Crippen LogP contribution in [0.4, 0.5) is 15.8 Å². The number of nitrogens with one attached hydrogen (secondary N) is 3. The van der Waals surface area contributed by atoms with Gasteiger partial charge >= 0.3 is 0 Å². The Morgan fingerprint density at radius 3 is 2.33 bits per heavy atom. The largest absolute Gasteiger partial charge is 0.325 e. The first-order valence-corrected chi connectivity index (χ1v) is 14.9. The number of ketones is 1. The van der Waals surface area contributed by atoms with E-state index in [0.717, 1.165) is 12.8 Å². The molecule has 6 rings (SSSR count). The fourth-order valence-corrected chi connectivity index (χ4v) is 7.78. The second kappa shape index (κ2) is 10.2. The van der Waals surface area contributed by atoms with E-state index in [2.05, 4.69) is 29.8 Å². The fourth-order valence-electron chi connectivity index (χ4n) is 7.42. The van der Waals surface area contributed by atoms with Gasteiger partial charge in [0.15, 0.2) is 5.78 Å². The highest BCUT2D eigenvalue weighted by Crippen LogP contribution is 2.64. The van der Waals surface area contributed by atoms with Gasteiger partial charge in [-0.1, -0.05) is 55.2 Å². The van der Waals surface area contributed by atoms with E-state index in [1.807, 2.05) is 6.07 Å². The van der Waals surface area contributed by atoms with Crippen LogP contribution in [0.3, 0.4) is 0 Å². The second-order valence-electron chi connectivity index (χ2n) is 12.6. The molecule has 2 heterocycles. The summed E-state index contributed by atoms with van der Waals surface area (Å²) < 4.78 is 16.0. The molecular weight excluding hydrogens is 576 g/mol. The molecule has 1 saturated heterocycles. The third-order valence-corrected chi connectivity index (χ3v) is 10.1. The van der Waals surface area contributed by atoms with E-state index in [1.54, 1.807) is 48.5 Å². The molecule has 2 aliphatic heterocycles. The fraction of sp³-hybridized carbons (Fsp3) is 0.364. The molecule has 0 bridgehead atoms. The summed E-state index contributed by atoms with van der Waals surface area (Å²) in [7, 11) is 0. The average Bonchev–Trinajstić information content (AvgIpc) is 3.40. The number of hydrogen-bond acceptors (Lipinski definition) is 4. The number of benzene rings is 3. The van der Waals surface area contributed by atoms with E-state index in [4.69, 9.17) is 23.2 Å². The van der Waals surface area contributed by atoms with Gasteiger partial charge in [-0.25, -0.2) is 4.39 Å². The van der Waals surface area contributed by atoms with E-state index in [9.17, 15) is 14.4 Å². The maximum Gasteiger partial charge on any atom is 0.242 e. The lowest BCUT2D eigenvalue weighted by atomic mass is 9.53. The Kier molecular flexibility index (Phi) is 6.99. The maximum atomic E-state index is 16.0. The van der Waals surface area contributed by atoms with Gasteiger partial charge in [0.25, 0.3) is 0 Å². The van der Waals surface area contributed by atoms with Crippen LogP contribution in [-0.4, -0.2) is 29.2 Å². The minimum atomic E-state index is -1.32. The van der Waals surface area contributed by atoms with Crippen LogP contribution in [0.25, 0.3) is 0 Å². The Morgan fingerprint density at radius 2 is 1.67 bits per heavy atom.